The lowest BCUT2D eigenvalue weighted by Crippen LogP contribution is -2.22. The van der Waals surface area contributed by atoms with Crippen LogP contribution in [0.2, 0.25) is 0 Å². The molecule has 0 aliphatic rings. The Morgan fingerprint density at radius 1 is 1.19 bits per heavy atom. The number of methoxy groups -OCH3 is 1. The van der Waals surface area contributed by atoms with Gasteiger partial charge in [-0.15, -0.1) is 10.2 Å². The summed E-state index contributed by atoms with van der Waals surface area (Å²) < 4.78 is 45.0. The first kappa shape index (κ1) is 19.0. The van der Waals surface area contributed by atoms with Crippen LogP contribution in [0.5, 0.6) is 5.75 Å². The van der Waals surface area contributed by atoms with E-state index in [2.05, 4.69) is 15.5 Å². The first-order valence-corrected chi connectivity index (χ1v) is 8.69. The Kier molecular flexibility index (Phi) is 5.26. The van der Waals surface area contributed by atoms with Crippen LogP contribution in [0.4, 0.5) is 18.9 Å². The third-order valence-corrected chi connectivity index (χ3v) is 4.76. The Labute approximate surface area is 156 Å². The molecule has 3 aromatic rings. The molecule has 6 nitrogen and oxygen atoms in total. The van der Waals surface area contributed by atoms with Gasteiger partial charge in [0.25, 0.3) is 0 Å². The number of thioether (sulfide) groups is 1. The molecule has 1 aromatic carbocycles. The van der Waals surface area contributed by atoms with E-state index in [9.17, 15) is 18.0 Å². The molecule has 1 unspecified atom stereocenters. The minimum atomic E-state index is -4.47. The van der Waals surface area contributed by atoms with Crippen LogP contribution in [-0.4, -0.2) is 32.9 Å². The van der Waals surface area contributed by atoms with Crippen LogP contribution in [0.3, 0.4) is 0 Å². The molecular weight excluding hydrogens is 381 g/mol. The SMILES string of the molecule is COc1ccc(NC(=O)C(C)Sc2nnc3ccc(C(F)(F)F)cn23)cc1. The van der Waals surface area contributed by atoms with Crippen molar-refractivity contribution in [1.82, 2.24) is 14.6 Å². The molecule has 0 aliphatic heterocycles. The van der Waals surface area contributed by atoms with Gasteiger partial charge in [-0.2, -0.15) is 13.2 Å². The molecule has 142 valence electrons. The molecule has 27 heavy (non-hydrogen) atoms. The van der Waals surface area contributed by atoms with Crippen molar-refractivity contribution in [3.63, 3.8) is 0 Å². The van der Waals surface area contributed by atoms with Crippen molar-refractivity contribution in [3.05, 3.63) is 48.2 Å². The topological polar surface area (TPSA) is 68.5 Å². The number of hydrogen-bond acceptors (Lipinski definition) is 5. The van der Waals surface area contributed by atoms with Gasteiger partial charge in [0.15, 0.2) is 10.8 Å². The lowest BCUT2D eigenvalue weighted by atomic mass is 10.3. The number of carbonyl (C=O) groups is 1. The lowest BCUT2D eigenvalue weighted by molar-refractivity contribution is -0.137. The van der Waals surface area contributed by atoms with E-state index < -0.39 is 17.0 Å². The third kappa shape index (κ3) is 4.33. The van der Waals surface area contributed by atoms with Crippen LogP contribution in [0.25, 0.3) is 5.65 Å². The minimum Gasteiger partial charge on any atom is -0.497 e. The molecule has 0 saturated heterocycles. The summed E-state index contributed by atoms with van der Waals surface area (Å²) in [7, 11) is 1.54. The van der Waals surface area contributed by atoms with Gasteiger partial charge in [0.2, 0.25) is 5.91 Å². The van der Waals surface area contributed by atoms with Gasteiger partial charge in [0.05, 0.1) is 17.9 Å². The Morgan fingerprint density at radius 2 is 1.89 bits per heavy atom. The maximum Gasteiger partial charge on any atom is 0.417 e. The number of anilines is 1. The highest BCUT2D eigenvalue weighted by Crippen LogP contribution is 2.31. The van der Waals surface area contributed by atoms with Gasteiger partial charge < -0.3 is 10.1 Å². The molecule has 2 aromatic heterocycles. The summed E-state index contributed by atoms with van der Waals surface area (Å²) in [6.45, 7) is 1.64. The fraction of sp³-hybridized carbons (Fsp3) is 0.235. The van der Waals surface area contributed by atoms with Gasteiger partial charge in [0, 0.05) is 11.9 Å². The van der Waals surface area contributed by atoms with E-state index in [1.54, 1.807) is 38.3 Å². The van der Waals surface area contributed by atoms with Gasteiger partial charge in [-0.25, -0.2) is 0 Å². The first-order valence-electron chi connectivity index (χ1n) is 7.81. The van der Waals surface area contributed by atoms with Crippen LogP contribution in [-0.2, 0) is 11.0 Å². The normalized spacial score (nSPS) is 12.8. The number of hydrogen-bond donors (Lipinski definition) is 1. The number of aromatic nitrogens is 3. The number of benzene rings is 1. The molecule has 1 amide bonds. The summed E-state index contributed by atoms with van der Waals surface area (Å²) in [6, 6.07) is 8.98. The number of fused-ring (bicyclic) bond motifs is 1. The monoisotopic (exact) mass is 396 g/mol. The molecule has 0 fully saturated rings. The van der Waals surface area contributed by atoms with Crippen molar-refractivity contribution in [3.8, 4) is 5.75 Å². The molecule has 1 N–H and O–H groups in total. The zero-order valence-electron chi connectivity index (χ0n) is 14.3. The summed E-state index contributed by atoms with van der Waals surface area (Å²) in [5, 5.41) is 10.1. The molecule has 0 bridgehead atoms. The predicted octanol–water partition coefficient (Wildman–Crippen LogP) is 3.88. The van der Waals surface area contributed by atoms with E-state index in [1.807, 2.05) is 0 Å². The van der Waals surface area contributed by atoms with Crippen LogP contribution >= 0.6 is 11.8 Å². The minimum absolute atomic E-state index is 0.202. The zero-order valence-corrected chi connectivity index (χ0v) is 15.1. The number of alkyl halides is 3. The van der Waals surface area contributed by atoms with Crippen LogP contribution in [0.15, 0.2) is 47.8 Å². The number of amides is 1. The third-order valence-electron chi connectivity index (χ3n) is 3.71. The summed E-state index contributed by atoms with van der Waals surface area (Å²) >= 11 is 1.02. The van der Waals surface area contributed by atoms with E-state index in [0.717, 1.165) is 24.0 Å². The highest BCUT2D eigenvalue weighted by Gasteiger charge is 2.31. The average Bonchev–Trinajstić information content (AvgIpc) is 3.03. The van der Waals surface area contributed by atoms with Gasteiger partial charge in [-0.05, 0) is 43.3 Å². The zero-order chi connectivity index (χ0) is 19.6. The molecule has 3 rings (SSSR count). The highest BCUT2D eigenvalue weighted by molar-refractivity contribution is 8.00. The van der Waals surface area contributed by atoms with Gasteiger partial charge >= 0.3 is 6.18 Å². The van der Waals surface area contributed by atoms with Crippen molar-refractivity contribution < 1.29 is 22.7 Å². The van der Waals surface area contributed by atoms with E-state index >= 15 is 0 Å². The van der Waals surface area contributed by atoms with E-state index in [-0.39, 0.29) is 16.7 Å². The lowest BCUT2D eigenvalue weighted by Gasteiger charge is -2.12. The Bertz CT molecular complexity index is 957. The van der Waals surface area contributed by atoms with Crippen molar-refractivity contribution in [1.29, 1.82) is 0 Å². The van der Waals surface area contributed by atoms with Crippen molar-refractivity contribution in [2.75, 3.05) is 12.4 Å². The molecule has 0 radical (unpaired) electrons. The maximum atomic E-state index is 12.9. The molecule has 2 heterocycles. The average molecular weight is 396 g/mol. The van der Waals surface area contributed by atoms with Crippen molar-refractivity contribution >= 4 is 29.0 Å². The van der Waals surface area contributed by atoms with E-state index in [0.29, 0.717) is 11.4 Å². The molecular formula is C17H15F3N4O2S. The Hall–Kier alpha value is -2.75. The second-order valence-corrected chi connectivity index (χ2v) is 6.91. The number of carbonyl (C=O) groups excluding carboxylic acids is 1. The molecule has 1 atom stereocenters. The largest absolute Gasteiger partial charge is 0.497 e. The summed E-state index contributed by atoms with van der Waals surface area (Å²) in [4.78, 5) is 12.4. The Balaban J connectivity index is 1.74. The van der Waals surface area contributed by atoms with Gasteiger partial charge in [0.1, 0.15) is 5.75 Å². The van der Waals surface area contributed by atoms with Gasteiger partial charge in [-0.1, -0.05) is 11.8 Å². The fourth-order valence-corrected chi connectivity index (χ4v) is 3.08. The molecule has 0 aliphatic carbocycles. The summed E-state index contributed by atoms with van der Waals surface area (Å²) in [5.41, 5.74) is 0.0407. The molecule has 0 spiro atoms. The van der Waals surface area contributed by atoms with Crippen molar-refractivity contribution in [2.24, 2.45) is 0 Å². The number of nitrogens with zero attached hydrogens (tertiary/aromatic N) is 3. The van der Waals surface area contributed by atoms with E-state index in [1.165, 1.54) is 10.5 Å². The number of ether oxygens (including phenoxy) is 1. The number of pyridine rings is 1. The Morgan fingerprint density at radius 3 is 2.52 bits per heavy atom. The first-order chi connectivity index (χ1) is 12.8. The standard InChI is InChI=1S/C17H15F3N4O2S/c1-10(15(25)21-12-4-6-13(26-2)7-5-12)27-16-23-22-14-8-3-11(9-24(14)16)17(18,19)20/h3-10H,1-2H3,(H,21,25). The smallest absolute Gasteiger partial charge is 0.417 e. The number of halogens is 3. The number of nitrogens with one attached hydrogen (secondary N) is 1. The molecule has 0 saturated carbocycles. The van der Waals surface area contributed by atoms with E-state index in [4.69, 9.17) is 4.74 Å². The highest BCUT2D eigenvalue weighted by atomic mass is 32.2. The van der Waals surface area contributed by atoms with Crippen LogP contribution in [0, 0.1) is 0 Å². The van der Waals surface area contributed by atoms with Gasteiger partial charge in [-0.3, -0.25) is 9.20 Å². The maximum absolute atomic E-state index is 12.9. The van der Waals surface area contributed by atoms with Crippen LogP contribution < -0.4 is 10.1 Å². The van der Waals surface area contributed by atoms with Crippen molar-refractivity contribution in [2.45, 2.75) is 23.5 Å². The second-order valence-electron chi connectivity index (χ2n) is 5.60. The molecule has 10 heteroatoms. The number of rotatable bonds is 5. The van der Waals surface area contributed by atoms with Crippen LogP contribution in [0.1, 0.15) is 12.5 Å². The summed E-state index contributed by atoms with van der Waals surface area (Å²) in [5.74, 6) is 0.347. The summed E-state index contributed by atoms with van der Waals surface area (Å²) in [6.07, 6.45) is -3.55. The predicted molar refractivity (Wildman–Crippen MR) is 94.9 cm³/mol. The second kappa shape index (κ2) is 7.47. The fourth-order valence-electron chi connectivity index (χ4n) is 2.25. The quantitative estimate of drug-likeness (QED) is 0.663.